The van der Waals surface area contributed by atoms with E-state index in [4.69, 9.17) is 23.2 Å². The monoisotopic (exact) mass is 339 g/mol. The molecule has 19 heavy (non-hydrogen) atoms. The third-order valence-corrected chi connectivity index (χ3v) is 5.64. The molecular formula is C11H8Cl2FNO2S2. The SMILES string of the molecule is O=S(=O)(NCc1ccc(Cl)cc1F)c1ccc(Cl)s1. The van der Waals surface area contributed by atoms with Crippen LogP contribution in [-0.4, -0.2) is 8.42 Å². The predicted octanol–water partition coefficient (Wildman–Crippen LogP) is 3.67. The van der Waals surface area contributed by atoms with Crippen LogP contribution in [0.1, 0.15) is 5.56 Å². The summed E-state index contributed by atoms with van der Waals surface area (Å²) in [6.45, 7) is -0.152. The highest BCUT2D eigenvalue weighted by atomic mass is 35.5. The van der Waals surface area contributed by atoms with Gasteiger partial charge in [0.25, 0.3) is 0 Å². The number of hydrogen-bond donors (Lipinski definition) is 1. The summed E-state index contributed by atoms with van der Waals surface area (Å²) in [5, 5.41) is 0.258. The van der Waals surface area contributed by atoms with E-state index in [1.54, 1.807) is 0 Å². The van der Waals surface area contributed by atoms with E-state index in [1.165, 1.54) is 24.3 Å². The lowest BCUT2D eigenvalue weighted by atomic mass is 10.2. The Hall–Kier alpha value is -0.660. The van der Waals surface area contributed by atoms with Crippen LogP contribution in [0, 0.1) is 5.82 Å². The zero-order chi connectivity index (χ0) is 14.0. The van der Waals surface area contributed by atoms with Crippen molar-refractivity contribution in [1.29, 1.82) is 0 Å². The molecule has 1 aromatic carbocycles. The molecule has 1 aromatic heterocycles. The smallest absolute Gasteiger partial charge is 0.207 e. The van der Waals surface area contributed by atoms with Crippen LogP contribution in [0.4, 0.5) is 4.39 Å². The van der Waals surface area contributed by atoms with Gasteiger partial charge in [-0.25, -0.2) is 17.5 Å². The Morgan fingerprint density at radius 3 is 2.53 bits per heavy atom. The fraction of sp³-hybridized carbons (Fsp3) is 0.0909. The predicted molar refractivity (Wildman–Crippen MR) is 74.8 cm³/mol. The number of nitrogens with one attached hydrogen (secondary N) is 1. The van der Waals surface area contributed by atoms with Crippen molar-refractivity contribution in [3.8, 4) is 0 Å². The standard InChI is InChI=1S/C11H8Cl2FNO2S2/c12-8-2-1-7(9(14)5-8)6-15-19(16,17)11-4-3-10(13)18-11/h1-5,15H,6H2. The van der Waals surface area contributed by atoms with Gasteiger partial charge in [0, 0.05) is 17.1 Å². The average Bonchev–Trinajstić information content (AvgIpc) is 2.75. The number of benzene rings is 1. The normalized spacial score (nSPS) is 11.7. The van der Waals surface area contributed by atoms with Gasteiger partial charge in [0.05, 0.1) is 4.34 Å². The lowest BCUT2D eigenvalue weighted by Crippen LogP contribution is -2.22. The maximum atomic E-state index is 13.5. The Bertz CT molecular complexity index is 700. The van der Waals surface area contributed by atoms with Crippen molar-refractivity contribution in [3.63, 3.8) is 0 Å². The van der Waals surface area contributed by atoms with E-state index < -0.39 is 15.8 Å². The van der Waals surface area contributed by atoms with Gasteiger partial charge < -0.3 is 0 Å². The molecule has 0 radical (unpaired) electrons. The van der Waals surface area contributed by atoms with Crippen molar-refractivity contribution in [2.24, 2.45) is 0 Å². The fourth-order valence-electron chi connectivity index (χ4n) is 1.35. The van der Waals surface area contributed by atoms with Crippen molar-refractivity contribution in [1.82, 2.24) is 4.72 Å². The Morgan fingerprint density at radius 1 is 1.21 bits per heavy atom. The second-order valence-corrected chi connectivity index (χ2v) is 7.76. The van der Waals surface area contributed by atoms with Crippen LogP contribution in [0.5, 0.6) is 0 Å². The zero-order valence-electron chi connectivity index (χ0n) is 9.36. The Kier molecular flexibility index (Phi) is 4.47. The summed E-state index contributed by atoms with van der Waals surface area (Å²) in [5.41, 5.74) is 0.218. The lowest BCUT2D eigenvalue weighted by molar-refractivity contribution is 0.576. The van der Waals surface area contributed by atoms with Crippen LogP contribution in [0.15, 0.2) is 34.5 Å². The van der Waals surface area contributed by atoms with Gasteiger partial charge in [0.15, 0.2) is 0 Å². The number of hydrogen-bond acceptors (Lipinski definition) is 3. The minimum absolute atomic E-state index is 0.0897. The van der Waals surface area contributed by atoms with Crippen molar-refractivity contribution in [3.05, 3.63) is 51.1 Å². The van der Waals surface area contributed by atoms with Crippen molar-refractivity contribution in [2.45, 2.75) is 10.8 Å². The first-order valence-electron chi connectivity index (χ1n) is 5.07. The average molecular weight is 340 g/mol. The van der Waals surface area contributed by atoms with Gasteiger partial charge in [-0.05, 0) is 24.3 Å². The molecule has 0 saturated carbocycles. The summed E-state index contributed by atoms with van der Waals surface area (Å²) in [6.07, 6.45) is 0. The topological polar surface area (TPSA) is 46.2 Å². The van der Waals surface area contributed by atoms with E-state index in [0.29, 0.717) is 4.34 Å². The quantitative estimate of drug-likeness (QED) is 0.923. The van der Waals surface area contributed by atoms with Crippen LogP contribution >= 0.6 is 34.5 Å². The highest BCUT2D eigenvalue weighted by molar-refractivity contribution is 7.91. The van der Waals surface area contributed by atoms with Gasteiger partial charge in [-0.3, -0.25) is 0 Å². The van der Waals surface area contributed by atoms with Crippen LogP contribution in [-0.2, 0) is 16.6 Å². The van der Waals surface area contributed by atoms with E-state index >= 15 is 0 Å². The van der Waals surface area contributed by atoms with Crippen LogP contribution < -0.4 is 4.72 Å². The van der Waals surface area contributed by atoms with E-state index in [-0.39, 0.29) is 21.3 Å². The molecule has 0 amide bonds. The molecule has 0 fully saturated rings. The molecule has 1 N–H and O–H groups in total. The molecule has 0 atom stereocenters. The lowest BCUT2D eigenvalue weighted by Gasteiger charge is -2.06. The summed E-state index contributed by atoms with van der Waals surface area (Å²) in [4.78, 5) is 0. The minimum atomic E-state index is -3.68. The van der Waals surface area contributed by atoms with Crippen LogP contribution in [0.2, 0.25) is 9.36 Å². The molecule has 2 aromatic rings. The third-order valence-electron chi connectivity index (χ3n) is 2.28. The molecule has 0 saturated heterocycles. The Balaban J connectivity index is 2.14. The van der Waals surface area contributed by atoms with Crippen LogP contribution in [0.25, 0.3) is 0 Å². The molecule has 0 spiro atoms. The highest BCUT2D eigenvalue weighted by Crippen LogP contribution is 2.25. The molecule has 8 heteroatoms. The molecular weight excluding hydrogens is 332 g/mol. The second-order valence-electron chi connectivity index (χ2n) is 3.62. The number of thiophene rings is 1. The maximum absolute atomic E-state index is 13.5. The molecule has 102 valence electrons. The first-order chi connectivity index (χ1) is 8.88. The largest absolute Gasteiger partial charge is 0.250 e. The summed E-state index contributed by atoms with van der Waals surface area (Å²) in [5.74, 6) is -0.556. The summed E-state index contributed by atoms with van der Waals surface area (Å²) in [7, 11) is -3.68. The second kappa shape index (κ2) is 5.76. The molecule has 0 aliphatic heterocycles. The van der Waals surface area contributed by atoms with Gasteiger partial charge in [0.2, 0.25) is 10.0 Å². The molecule has 0 unspecified atom stereocenters. The Morgan fingerprint density at radius 2 is 1.95 bits per heavy atom. The van der Waals surface area contributed by atoms with Crippen molar-refractivity contribution >= 4 is 44.6 Å². The van der Waals surface area contributed by atoms with Crippen LogP contribution in [0.3, 0.4) is 0 Å². The summed E-state index contributed by atoms with van der Waals surface area (Å²) >= 11 is 12.2. The van der Waals surface area contributed by atoms with Gasteiger partial charge in [-0.15, -0.1) is 11.3 Å². The van der Waals surface area contributed by atoms with Gasteiger partial charge in [-0.1, -0.05) is 29.3 Å². The molecule has 0 aliphatic rings. The maximum Gasteiger partial charge on any atom is 0.250 e. The van der Waals surface area contributed by atoms with Crippen molar-refractivity contribution < 1.29 is 12.8 Å². The van der Waals surface area contributed by atoms with Gasteiger partial charge >= 0.3 is 0 Å². The third kappa shape index (κ3) is 3.67. The fourth-order valence-corrected chi connectivity index (χ4v) is 4.04. The van der Waals surface area contributed by atoms with Gasteiger partial charge in [-0.2, -0.15) is 0 Å². The number of sulfonamides is 1. The number of rotatable bonds is 4. The molecule has 0 bridgehead atoms. The zero-order valence-corrected chi connectivity index (χ0v) is 12.5. The first kappa shape index (κ1) is 14.7. The Labute approximate surface area is 124 Å². The van der Waals surface area contributed by atoms with E-state index in [1.807, 2.05) is 0 Å². The van der Waals surface area contributed by atoms with E-state index in [2.05, 4.69) is 4.72 Å². The molecule has 1 heterocycles. The summed E-state index contributed by atoms with van der Waals surface area (Å²) < 4.78 is 40.0. The first-order valence-corrected chi connectivity index (χ1v) is 8.13. The summed E-state index contributed by atoms with van der Waals surface area (Å²) in [6, 6.07) is 6.95. The highest BCUT2D eigenvalue weighted by Gasteiger charge is 2.17. The van der Waals surface area contributed by atoms with Crippen molar-refractivity contribution in [2.75, 3.05) is 0 Å². The molecule has 0 aliphatic carbocycles. The van der Waals surface area contributed by atoms with E-state index in [9.17, 15) is 12.8 Å². The van der Waals surface area contributed by atoms with Gasteiger partial charge in [0.1, 0.15) is 10.0 Å². The molecule has 2 rings (SSSR count). The molecule has 3 nitrogen and oxygen atoms in total. The minimum Gasteiger partial charge on any atom is -0.207 e. The van der Waals surface area contributed by atoms with E-state index in [0.717, 1.165) is 17.4 Å². The number of halogens is 3.